The van der Waals surface area contributed by atoms with Crippen molar-refractivity contribution in [1.29, 1.82) is 0 Å². The van der Waals surface area contributed by atoms with Gasteiger partial charge in [-0.25, -0.2) is 4.39 Å². The van der Waals surface area contributed by atoms with Gasteiger partial charge in [0.05, 0.1) is 5.69 Å². The first-order valence-corrected chi connectivity index (χ1v) is 8.85. The summed E-state index contributed by atoms with van der Waals surface area (Å²) >= 11 is 3.59. The molecular formula is C19H20BrFN2O. The van der Waals surface area contributed by atoms with Crippen LogP contribution < -0.4 is 4.90 Å². The minimum Gasteiger partial charge on any atom is -0.367 e. The second kappa shape index (κ2) is 7.45. The third-order valence-corrected chi connectivity index (χ3v) is 5.19. The maximum atomic E-state index is 14.3. The normalized spacial score (nSPS) is 15.5. The average molecular weight is 391 g/mol. The number of hydrogen-bond donors (Lipinski definition) is 0. The lowest BCUT2D eigenvalue weighted by molar-refractivity contribution is 0.101. The maximum Gasteiger partial charge on any atom is 0.159 e. The average Bonchev–Trinajstić information content (AvgIpc) is 2.58. The summed E-state index contributed by atoms with van der Waals surface area (Å²) < 4.78 is 15.4. The molecule has 126 valence electrons. The molecule has 1 aliphatic heterocycles. The fraction of sp³-hybridized carbons (Fsp3) is 0.316. The van der Waals surface area contributed by atoms with Crippen molar-refractivity contribution in [2.75, 3.05) is 31.1 Å². The van der Waals surface area contributed by atoms with E-state index in [-0.39, 0.29) is 11.6 Å². The van der Waals surface area contributed by atoms with Gasteiger partial charge in [0, 0.05) is 42.8 Å². The number of carbonyl (C=O) groups is 1. The highest BCUT2D eigenvalue weighted by molar-refractivity contribution is 9.10. The predicted octanol–water partition coefficient (Wildman–Crippen LogP) is 4.11. The molecule has 1 saturated heterocycles. The van der Waals surface area contributed by atoms with Gasteiger partial charge in [0.2, 0.25) is 0 Å². The number of Topliss-reactive ketones (excluding diaryl/α,β-unsaturated/α-hetero) is 1. The van der Waals surface area contributed by atoms with E-state index in [9.17, 15) is 9.18 Å². The molecule has 0 amide bonds. The summed E-state index contributed by atoms with van der Waals surface area (Å²) in [5.74, 6) is -0.430. The molecule has 24 heavy (non-hydrogen) atoms. The molecule has 0 spiro atoms. The van der Waals surface area contributed by atoms with Crippen LogP contribution in [0.25, 0.3) is 0 Å². The van der Waals surface area contributed by atoms with Crippen molar-refractivity contribution in [3.8, 4) is 0 Å². The van der Waals surface area contributed by atoms with E-state index in [1.54, 1.807) is 12.1 Å². The number of benzene rings is 2. The Hall–Kier alpha value is -1.72. The van der Waals surface area contributed by atoms with Gasteiger partial charge in [-0.3, -0.25) is 9.69 Å². The number of rotatable bonds is 4. The van der Waals surface area contributed by atoms with Gasteiger partial charge in [-0.1, -0.05) is 34.1 Å². The largest absolute Gasteiger partial charge is 0.367 e. The van der Waals surface area contributed by atoms with Crippen LogP contribution >= 0.6 is 15.9 Å². The smallest absolute Gasteiger partial charge is 0.159 e. The minimum absolute atomic E-state index is 0.112. The number of carbonyl (C=O) groups excluding carboxylic acids is 1. The van der Waals surface area contributed by atoms with E-state index in [0.29, 0.717) is 11.3 Å². The minimum atomic E-state index is -0.318. The molecule has 0 N–H and O–H groups in total. The van der Waals surface area contributed by atoms with Crippen molar-refractivity contribution in [2.24, 2.45) is 0 Å². The molecule has 3 nitrogen and oxygen atoms in total. The van der Waals surface area contributed by atoms with Crippen molar-refractivity contribution in [3.63, 3.8) is 0 Å². The number of piperazine rings is 1. The van der Waals surface area contributed by atoms with Gasteiger partial charge in [-0.15, -0.1) is 0 Å². The van der Waals surface area contributed by atoms with Crippen LogP contribution in [0.1, 0.15) is 22.8 Å². The van der Waals surface area contributed by atoms with Crippen LogP contribution in [0, 0.1) is 5.82 Å². The Morgan fingerprint density at radius 1 is 1.12 bits per heavy atom. The molecule has 1 heterocycles. The summed E-state index contributed by atoms with van der Waals surface area (Å²) in [6, 6.07) is 13.0. The first-order chi connectivity index (χ1) is 11.5. The zero-order valence-electron chi connectivity index (χ0n) is 13.6. The van der Waals surface area contributed by atoms with Crippen LogP contribution in [-0.4, -0.2) is 36.9 Å². The molecule has 1 aliphatic rings. The lowest BCUT2D eigenvalue weighted by Crippen LogP contribution is -2.46. The van der Waals surface area contributed by atoms with Gasteiger partial charge < -0.3 is 4.90 Å². The fourth-order valence-electron chi connectivity index (χ4n) is 3.00. The summed E-state index contributed by atoms with van der Waals surface area (Å²) in [5.41, 5.74) is 2.27. The molecule has 2 aromatic rings. The van der Waals surface area contributed by atoms with E-state index >= 15 is 0 Å². The van der Waals surface area contributed by atoms with Crippen molar-refractivity contribution in [1.82, 2.24) is 4.90 Å². The second-order valence-electron chi connectivity index (χ2n) is 6.08. The Labute approximate surface area is 150 Å². The number of hydrogen-bond acceptors (Lipinski definition) is 3. The zero-order chi connectivity index (χ0) is 17.1. The predicted molar refractivity (Wildman–Crippen MR) is 98.0 cm³/mol. The topological polar surface area (TPSA) is 23.6 Å². The van der Waals surface area contributed by atoms with E-state index in [1.807, 2.05) is 12.1 Å². The molecule has 2 aromatic carbocycles. The van der Waals surface area contributed by atoms with Gasteiger partial charge in [0.15, 0.2) is 5.78 Å². The summed E-state index contributed by atoms with van der Waals surface area (Å²) in [4.78, 5) is 15.8. The monoisotopic (exact) mass is 390 g/mol. The fourth-order valence-corrected chi connectivity index (χ4v) is 3.41. The summed E-state index contributed by atoms with van der Waals surface area (Å²) in [6.07, 6.45) is 0. The molecule has 3 rings (SSSR count). The van der Waals surface area contributed by atoms with Crippen molar-refractivity contribution >= 4 is 27.4 Å². The summed E-state index contributed by atoms with van der Waals surface area (Å²) in [7, 11) is 0. The van der Waals surface area contributed by atoms with Crippen LogP contribution in [0.2, 0.25) is 0 Å². The number of halogens is 2. The number of ketones is 1. The SMILES string of the molecule is CC(=O)c1ccc(N2CCN(Cc3ccccc3Br)CC2)c(F)c1. The Kier molecular flexibility index (Phi) is 5.31. The molecule has 0 unspecified atom stereocenters. The van der Waals surface area contributed by atoms with Crippen molar-refractivity contribution in [2.45, 2.75) is 13.5 Å². The van der Waals surface area contributed by atoms with Crippen LogP contribution in [0.3, 0.4) is 0 Å². The molecule has 0 saturated carbocycles. The standard InChI is InChI=1S/C19H20BrFN2O/c1-14(24)15-6-7-19(18(21)12-15)23-10-8-22(9-11-23)13-16-4-2-3-5-17(16)20/h2-7,12H,8-11,13H2,1H3. The Bertz CT molecular complexity index is 742. The van der Waals surface area contributed by atoms with Crippen molar-refractivity contribution < 1.29 is 9.18 Å². The molecule has 0 radical (unpaired) electrons. The molecule has 1 fully saturated rings. The third-order valence-electron chi connectivity index (χ3n) is 4.42. The lowest BCUT2D eigenvalue weighted by atomic mass is 10.1. The van der Waals surface area contributed by atoms with E-state index in [2.05, 4.69) is 37.9 Å². The zero-order valence-corrected chi connectivity index (χ0v) is 15.2. The number of anilines is 1. The van der Waals surface area contributed by atoms with Crippen molar-refractivity contribution in [3.05, 3.63) is 63.9 Å². The highest BCUT2D eigenvalue weighted by atomic mass is 79.9. The molecule has 0 aromatic heterocycles. The second-order valence-corrected chi connectivity index (χ2v) is 6.93. The Balaban J connectivity index is 1.63. The molecule has 0 aliphatic carbocycles. The van der Waals surface area contributed by atoms with Gasteiger partial charge >= 0.3 is 0 Å². The molecular weight excluding hydrogens is 371 g/mol. The van der Waals surface area contributed by atoms with Gasteiger partial charge in [-0.2, -0.15) is 0 Å². The van der Waals surface area contributed by atoms with Gasteiger partial charge in [-0.05, 0) is 36.8 Å². The van der Waals surface area contributed by atoms with E-state index in [1.165, 1.54) is 18.6 Å². The Morgan fingerprint density at radius 3 is 2.46 bits per heavy atom. The van der Waals surface area contributed by atoms with Gasteiger partial charge in [0.25, 0.3) is 0 Å². The molecule has 5 heteroatoms. The van der Waals surface area contributed by atoms with Crippen LogP contribution in [0.15, 0.2) is 46.9 Å². The van der Waals surface area contributed by atoms with Crippen LogP contribution in [-0.2, 0) is 6.54 Å². The maximum absolute atomic E-state index is 14.3. The van der Waals surface area contributed by atoms with Crippen LogP contribution in [0.4, 0.5) is 10.1 Å². The highest BCUT2D eigenvalue weighted by Crippen LogP contribution is 2.24. The first-order valence-electron chi connectivity index (χ1n) is 8.06. The van der Waals surface area contributed by atoms with Gasteiger partial charge in [0.1, 0.15) is 5.82 Å². The number of nitrogens with zero attached hydrogens (tertiary/aromatic N) is 2. The quantitative estimate of drug-likeness (QED) is 0.733. The first kappa shape index (κ1) is 17.1. The summed E-state index contributed by atoms with van der Waals surface area (Å²) in [6.45, 7) is 5.67. The van der Waals surface area contributed by atoms with Crippen LogP contribution in [0.5, 0.6) is 0 Å². The van der Waals surface area contributed by atoms with E-state index in [4.69, 9.17) is 0 Å². The molecule has 0 bridgehead atoms. The van der Waals surface area contributed by atoms with E-state index in [0.717, 1.165) is 37.2 Å². The Morgan fingerprint density at radius 2 is 1.83 bits per heavy atom. The van der Waals surface area contributed by atoms with E-state index < -0.39 is 0 Å². The summed E-state index contributed by atoms with van der Waals surface area (Å²) in [5, 5.41) is 0. The third kappa shape index (κ3) is 3.84. The highest BCUT2D eigenvalue weighted by Gasteiger charge is 2.20. The lowest BCUT2D eigenvalue weighted by Gasteiger charge is -2.36. The molecule has 0 atom stereocenters.